The van der Waals surface area contributed by atoms with E-state index < -0.39 is 17.4 Å². The summed E-state index contributed by atoms with van der Waals surface area (Å²) >= 11 is 0. The van der Waals surface area contributed by atoms with Crippen molar-refractivity contribution < 1.29 is 9.59 Å². The number of carbonyl (C=O) groups excluding carboxylic acids is 2. The Labute approximate surface area is 134 Å². The average molecular weight is 327 g/mol. The minimum atomic E-state index is -0.553. The van der Waals surface area contributed by atoms with Crippen LogP contribution in [0.3, 0.4) is 0 Å². The second kappa shape index (κ2) is 5.91. The van der Waals surface area contributed by atoms with Crippen molar-refractivity contribution in [2.75, 3.05) is 5.32 Å². The molecule has 2 amide bonds. The van der Waals surface area contributed by atoms with Gasteiger partial charge in [-0.1, -0.05) is 5.21 Å². The Bertz CT molecular complexity index is 988. The molecule has 2 aromatic heterocycles. The van der Waals surface area contributed by atoms with Crippen molar-refractivity contribution in [2.24, 2.45) is 12.8 Å². The van der Waals surface area contributed by atoms with Gasteiger partial charge in [-0.3, -0.25) is 19.0 Å². The summed E-state index contributed by atoms with van der Waals surface area (Å²) in [6.07, 6.45) is 1.27. The molecule has 3 aromatic rings. The summed E-state index contributed by atoms with van der Waals surface area (Å²) in [4.78, 5) is 39.3. The zero-order valence-electron chi connectivity index (χ0n) is 12.6. The van der Waals surface area contributed by atoms with E-state index in [0.717, 1.165) is 4.57 Å². The van der Waals surface area contributed by atoms with Crippen molar-refractivity contribution in [3.8, 4) is 0 Å². The standard InChI is InChI=1S/C14H13N7O3/c1-20-13-11(18-19-20)14(24)21(7-16-13)6-10(22)17-9-4-2-8(3-5-9)12(15)23/h2-5,7H,6H2,1H3,(H2,15,23)(H,17,22). The van der Waals surface area contributed by atoms with Gasteiger partial charge in [-0.25, -0.2) is 9.67 Å². The number of carbonyl (C=O) groups is 2. The highest BCUT2D eigenvalue weighted by Gasteiger charge is 2.12. The number of rotatable bonds is 4. The van der Waals surface area contributed by atoms with Gasteiger partial charge >= 0.3 is 0 Å². The molecule has 2 heterocycles. The SMILES string of the molecule is Cn1nnc2c(=O)n(CC(=O)Nc3ccc(C(N)=O)cc3)cnc21. The molecule has 3 N–H and O–H groups in total. The fourth-order valence-electron chi connectivity index (χ4n) is 2.13. The number of fused-ring (bicyclic) bond motifs is 1. The highest BCUT2D eigenvalue weighted by atomic mass is 16.2. The first-order chi connectivity index (χ1) is 11.5. The van der Waals surface area contributed by atoms with E-state index in [1.807, 2.05) is 0 Å². The molecular weight excluding hydrogens is 314 g/mol. The van der Waals surface area contributed by atoms with Gasteiger partial charge in [0.2, 0.25) is 11.8 Å². The minimum Gasteiger partial charge on any atom is -0.366 e. The fraction of sp³-hybridized carbons (Fsp3) is 0.143. The van der Waals surface area contributed by atoms with Crippen molar-refractivity contribution in [1.29, 1.82) is 0 Å². The van der Waals surface area contributed by atoms with E-state index in [1.54, 1.807) is 19.2 Å². The third-order valence-corrected chi connectivity index (χ3v) is 3.35. The van der Waals surface area contributed by atoms with Crippen LogP contribution in [0.25, 0.3) is 11.2 Å². The first-order valence-electron chi connectivity index (χ1n) is 6.90. The van der Waals surface area contributed by atoms with Crippen LogP contribution in [0.1, 0.15) is 10.4 Å². The monoisotopic (exact) mass is 327 g/mol. The van der Waals surface area contributed by atoms with Crippen molar-refractivity contribution in [3.05, 3.63) is 46.5 Å². The summed E-state index contributed by atoms with van der Waals surface area (Å²) in [5.74, 6) is -0.975. The summed E-state index contributed by atoms with van der Waals surface area (Å²) < 4.78 is 2.52. The number of anilines is 1. The van der Waals surface area contributed by atoms with Crippen LogP contribution in [0.15, 0.2) is 35.4 Å². The quantitative estimate of drug-likeness (QED) is 0.647. The number of hydrogen-bond acceptors (Lipinski definition) is 6. The van der Waals surface area contributed by atoms with Crippen LogP contribution in [0.2, 0.25) is 0 Å². The molecule has 0 atom stereocenters. The van der Waals surface area contributed by atoms with E-state index in [9.17, 15) is 14.4 Å². The zero-order valence-corrected chi connectivity index (χ0v) is 12.6. The van der Waals surface area contributed by atoms with Gasteiger partial charge in [0, 0.05) is 18.3 Å². The number of hydrogen-bond donors (Lipinski definition) is 2. The lowest BCUT2D eigenvalue weighted by molar-refractivity contribution is -0.116. The molecule has 0 aliphatic carbocycles. The van der Waals surface area contributed by atoms with Gasteiger partial charge in [-0.15, -0.1) is 5.10 Å². The summed E-state index contributed by atoms with van der Waals surface area (Å²) in [7, 11) is 1.62. The fourth-order valence-corrected chi connectivity index (χ4v) is 2.13. The molecule has 0 aliphatic rings. The first-order valence-corrected chi connectivity index (χ1v) is 6.90. The molecule has 0 fully saturated rings. The number of benzene rings is 1. The Balaban J connectivity index is 1.76. The molecule has 122 valence electrons. The second-order valence-electron chi connectivity index (χ2n) is 5.05. The lowest BCUT2D eigenvalue weighted by atomic mass is 10.2. The molecule has 0 unspecified atom stereocenters. The van der Waals surface area contributed by atoms with Crippen molar-refractivity contribution in [3.63, 3.8) is 0 Å². The van der Waals surface area contributed by atoms with E-state index in [4.69, 9.17) is 5.73 Å². The van der Waals surface area contributed by atoms with Gasteiger partial charge in [0.15, 0.2) is 11.2 Å². The van der Waals surface area contributed by atoms with E-state index in [2.05, 4.69) is 20.6 Å². The van der Waals surface area contributed by atoms with Crippen LogP contribution < -0.4 is 16.6 Å². The molecule has 0 saturated carbocycles. The van der Waals surface area contributed by atoms with Crippen LogP contribution in [-0.2, 0) is 18.4 Å². The highest BCUT2D eigenvalue weighted by molar-refractivity contribution is 5.94. The molecule has 0 spiro atoms. The first kappa shape index (κ1) is 15.3. The summed E-state index contributed by atoms with van der Waals surface area (Å²) in [6, 6.07) is 6.09. The maximum atomic E-state index is 12.2. The largest absolute Gasteiger partial charge is 0.366 e. The Kier molecular flexibility index (Phi) is 3.78. The number of aromatic nitrogens is 5. The molecular formula is C14H13N7O3. The predicted molar refractivity (Wildman–Crippen MR) is 84.2 cm³/mol. The number of nitrogens with two attached hydrogens (primary N) is 1. The number of aryl methyl sites for hydroxylation is 1. The molecule has 0 aliphatic heterocycles. The maximum Gasteiger partial charge on any atom is 0.283 e. The van der Waals surface area contributed by atoms with Gasteiger partial charge < -0.3 is 11.1 Å². The number of nitrogens with one attached hydrogen (secondary N) is 1. The van der Waals surface area contributed by atoms with E-state index in [-0.39, 0.29) is 12.1 Å². The Morgan fingerprint density at radius 2 is 1.96 bits per heavy atom. The van der Waals surface area contributed by atoms with Crippen LogP contribution in [0, 0.1) is 0 Å². The third kappa shape index (κ3) is 2.84. The van der Waals surface area contributed by atoms with Gasteiger partial charge in [0.1, 0.15) is 12.9 Å². The van der Waals surface area contributed by atoms with Crippen molar-refractivity contribution in [2.45, 2.75) is 6.54 Å². The Morgan fingerprint density at radius 3 is 2.62 bits per heavy atom. The van der Waals surface area contributed by atoms with Crippen LogP contribution in [-0.4, -0.2) is 36.4 Å². The molecule has 24 heavy (non-hydrogen) atoms. The topological polar surface area (TPSA) is 138 Å². The average Bonchev–Trinajstić information content (AvgIpc) is 2.92. The zero-order chi connectivity index (χ0) is 17.3. The highest BCUT2D eigenvalue weighted by Crippen LogP contribution is 2.09. The van der Waals surface area contributed by atoms with E-state index >= 15 is 0 Å². The number of nitrogens with zero attached hydrogens (tertiary/aromatic N) is 5. The van der Waals surface area contributed by atoms with E-state index in [1.165, 1.54) is 23.1 Å². The molecule has 0 bridgehead atoms. The van der Waals surface area contributed by atoms with Crippen molar-refractivity contribution >= 4 is 28.7 Å². The lowest BCUT2D eigenvalue weighted by Crippen LogP contribution is -2.28. The Morgan fingerprint density at radius 1 is 1.25 bits per heavy atom. The molecule has 0 saturated heterocycles. The summed E-state index contributed by atoms with van der Waals surface area (Å²) in [5.41, 5.74) is 5.95. The smallest absolute Gasteiger partial charge is 0.283 e. The van der Waals surface area contributed by atoms with Crippen LogP contribution in [0.4, 0.5) is 5.69 Å². The molecule has 10 nitrogen and oxygen atoms in total. The van der Waals surface area contributed by atoms with E-state index in [0.29, 0.717) is 16.9 Å². The molecule has 1 aromatic carbocycles. The number of primary amides is 1. The summed E-state index contributed by atoms with van der Waals surface area (Å²) in [6.45, 7) is -0.226. The predicted octanol–water partition coefficient (Wildman–Crippen LogP) is -0.737. The third-order valence-electron chi connectivity index (χ3n) is 3.35. The van der Waals surface area contributed by atoms with Crippen molar-refractivity contribution in [1.82, 2.24) is 24.5 Å². The number of amides is 2. The normalized spacial score (nSPS) is 10.7. The maximum absolute atomic E-state index is 12.2. The summed E-state index contributed by atoms with van der Waals surface area (Å²) in [5, 5.41) is 10.1. The van der Waals surface area contributed by atoms with Gasteiger partial charge in [-0.2, -0.15) is 0 Å². The van der Waals surface area contributed by atoms with Gasteiger partial charge in [-0.05, 0) is 24.3 Å². The van der Waals surface area contributed by atoms with Crippen LogP contribution in [0.5, 0.6) is 0 Å². The Hall–Kier alpha value is -3.56. The van der Waals surface area contributed by atoms with Gasteiger partial charge in [0.05, 0.1) is 0 Å². The van der Waals surface area contributed by atoms with Crippen LogP contribution >= 0.6 is 0 Å². The molecule has 10 heteroatoms. The molecule has 3 rings (SSSR count). The minimum absolute atomic E-state index is 0.0959. The molecule has 0 radical (unpaired) electrons. The van der Waals surface area contributed by atoms with Gasteiger partial charge in [0.25, 0.3) is 5.56 Å². The second-order valence-corrected chi connectivity index (χ2v) is 5.05. The lowest BCUT2D eigenvalue weighted by Gasteiger charge is -2.07.